The first kappa shape index (κ1) is 24.6. The van der Waals surface area contributed by atoms with Crippen LogP contribution in [0, 0.1) is 0 Å². The topological polar surface area (TPSA) is 105 Å². The molecule has 37 heavy (non-hydrogen) atoms. The zero-order valence-electron chi connectivity index (χ0n) is 19.1. The fourth-order valence-corrected chi connectivity index (χ4v) is 6.22. The van der Waals surface area contributed by atoms with Gasteiger partial charge in [-0.15, -0.1) is 13.2 Å². The van der Waals surface area contributed by atoms with E-state index in [1.807, 2.05) is 0 Å². The van der Waals surface area contributed by atoms with Gasteiger partial charge in [0.05, 0.1) is 11.4 Å². The van der Waals surface area contributed by atoms with Crippen LogP contribution >= 0.6 is 0 Å². The minimum atomic E-state index is -4.84. The van der Waals surface area contributed by atoms with Crippen LogP contribution in [0.3, 0.4) is 0 Å². The van der Waals surface area contributed by atoms with E-state index in [1.165, 1.54) is 23.1 Å². The highest BCUT2D eigenvalue weighted by molar-refractivity contribution is 7.92. The van der Waals surface area contributed by atoms with Crippen molar-refractivity contribution in [2.24, 2.45) is 0 Å². The van der Waals surface area contributed by atoms with Gasteiger partial charge in [0.1, 0.15) is 5.75 Å². The van der Waals surface area contributed by atoms with Gasteiger partial charge in [-0.2, -0.15) is 0 Å². The lowest BCUT2D eigenvalue weighted by atomic mass is 9.97. The molecule has 8 nitrogen and oxygen atoms in total. The monoisotopic (exact) mass is 531 g/mol. The van der Waals surface area contributed by atoms with Gasteiger partial charge in [-0.1, -0.05) is 30.3 Å². The number of carbonyl (C=O) groups is 2. The summed E-state index contributed by atoms with van der Waals surface area (Å²) >= 11 is 0. The van der Waals surface area contributed by atoms with E-state index < -0.39 is 39.3 Å². The number of nitrogens with zero attached hydrogens (tertiary/aromatic N) is 1. The molecule has 0 aliphatic carbocycles. The number of halogens is 3. The van der Waals surface area contributed by atoms with Crippen molar-refractivity contribution in [3.63, 3.8) is 0 Å². The van der Waals surface area contributed by atoms with Gasteiger partial charge in [-0.05, 0) is 53.9 Å². The molecule has 0 radical (unpaired) electrons. The molecule has 1 fully saturated rings. The standard InChI is InChI=1S/C25H20F3N3O5S/c26-25(27,28)36-17-8-6-16(7-9-17)23(32)31-13-12-18-19(31)10-11-20(22(18)15-4-2-1-3-5-15)37(34,35)21-14-29-24(33)30-21/h1-11,21H,12-14H2,(H2,29,30,33). The minimum absolute atomic E-state index is 0.0365. The first-order valence-corrected chi connectivity index (χ1v) is 12.8. The van der Waals surface area contributed by atoms with Gasteiger partial charge in [0.2, 0.25) is 9.84 Å². The van der Waals surface area contributed by atoms with Crippen molar-refractivity contribution < 1.29 is 35.9 Å². The number of rotatable bonds is 5. The molecule has 192 valence electrons. The Morgan fingerprint density at radius 1 is 1.00 bits per heavy atom. The Morgan fingerprint density at radius 3 is 2.32 bits per heavy atom. The van der Waals surface area contributed by atoms with Crippen molar-refractivity contribution >= 4 is 27.5 Å². The lowest BCUT2D eigenvalue weighted by molar-refractivity contribution is -0.274. The number of urea groups is 1. The van der Waals surface area contributed by atoms with Gasteiger partial charge >= 0.3 is 12.4 Å². The maximum absolute atomic E-state index is 13.5. The third-order valence-corrected chi connectivity index (χ3v) is 8.18. The maximum Gasteiger partial charge on any atom is 0.573 e. The third-order valence-electron chi connectivity index (χ3n) is 6.19. The summed E-state index contributed by atoms with van der Waals surface area (Å²) < 4.78 is 68.3. The van der Waals surface area contributed by atoms with E-state index in [1.54, 1.807) is 36.4 Å². The van der Waals surface area contributed by atoms with Gasteiger partial charge in [0.25, 0.3) is 5.91 Å². The molecule has 3 aromatic carbocycles. The highest BCUT2D eigenvalue weighted by atomic mass is 32.2. The van der Waals surface area contributed by atoms with Crippen LogP contribution in [0.4, 0.5) is 23.7 Å². The highest BCUT2D eigenvalue weighted by Gasteiger charge is 2.38. The van der Waals surface area contributed by atoms with Crippen LogP contribution in [0.15, 0.2) is 71.6 Å². The predicted octanol–water partition coefficient (Wildman–Crippen LogP) is 3.87. The van der Waals surface area contributed by atoms with Crippen LogP contribution in [-0.2, 0) is 16.3 Å². The van der Waals surface area contributed by atoms with Crippen molar-refractivity contribution in [2.45, 2.75) is 23.1 Å². The van der Waals surface area contributed by atoms with Gasteiger partial charge in [0, 0.05) is 23.4 Å². The van der Waals surface area contributed by atoms with Crippen LogP contribution < -0.4 is 20.3 Å². The summed E-state index contributed by atoms with van der Waals surface area (Å²) in [5.41, 5.74) is 2.39. The number of carbonyl (C=O) groups excluding carboxylic acids is 2. The number of alkyl halides is 3. The van der Waals surface area contributed by atoms with Gasteiger partial charge in [0.15, 0.2) is 5.37 Å². The molecule has 0 bridgehead atoms. The molecule has 3 aromatic rings. The van der Waals surface area contributed by atoms with Crippen LogP contribution in [0.25, 0.3) is 11.1 Å². The molecule has 2 aliphatic heterocycles. The van der Waals surface area contributed by atoms with Crippen LogP contribution in [0.2, 0.25) is 0 Å². The molecular formula is C25H20F3N3O5S. The van der Waals surface area contributed by atoms with E-state index in [-0.39, 0.29) is 23.5 Å². The molecule has 12 heteroatoms. The Hall–Kier alpha value is -4.06. The van der Waals surface area contributed by atoms with Gasteiger partial charge < -0.3 is 20.3 Å². The normalized spacial score (nSPS) is 17.2. The summed E-state index contributed by atoms with van der Waals surface area (Å²) in [5.74, 6) is -0.889. The number of sulfone groups is 1. The quantitative estimate of drug-likeness (QED) is 0.520. The smallest absolute Gasteiger partial charge is 0.406 e. The maximum atomic E-state index is 13.5. The second-order valence-electron chi connectivity index (χ2n) is 8.47. The molecule has 2 heterocycles. The molecule has 0 saturated carbocycles. The second kappa shape index (κ2) is 9.11. The largest absolute Gasteiger partial charge is 0.573 e. The molecule has 3 amide bonds. The number of hydrogen-bond donors (Lipinski definition) is 2. The number of benzene rings is 3. The highest BCUT2D eigenvalue weighted by Crippen LogP contribution is 2.42. The van der Waals surface area contributed by atoms with Gasteiger partial charge in [-0.25, -0.2) is 13.2 Å². The van der Waals surface area contributed by atoms with E-state index >= 15 is 0 Å². The molecule has 5 rings (SSSR count). The van der Waals surface area contributed by atoms with E-state index in [4.69, 9.17) is 0 Å². The summed E-state index contributed by atoms with van der Waals surface area (Å²) in [6.45, 7) is 0.172. The van der Waals surface area contributed by atoms with Crippen LogP contribution in [-0.4, -0.2) is 45.2 Å². The Morgan fingerprint density at radius 2 is 1.70 bits per heavy atom. The van der Waals surface area contributed by atoms with Crippen molar-refractivity contribution in [3.8, 4) is 16.9 Å². The summed E-state index contributed by atoms with van der Waals surface area (Å²) in [7, 11) is -3.99. The summed E-state index contributed by atoms with van der Waals surface area (Å²) in [6.07, 6.45) is -4.48. The predicted molar refractivity (Wildman–Crippen MR) is 128 cm³/mol. The average molecular weight is 532 g/mol. The molecular weight excluding hydrogens is 511 g/mol. The van der Waals surface area contributed by atoms with E-state index in [0.717, 1.165) is 12.1 Å². The molecule has 0 aromatic heterocycles. The lowest BCUT2D eigenvalue weighted by Crippen LogP contribution is -2.35. The summed E-state index contributed by atoms with van der Waals surface area (Å²) in [5, 5.41) is 3.74. The van der Waals surface area contributed by atoms with E-state index in [9.17, 15) is 31.2 Å². The molecule has 1 unspecified atom stereocenters. The van der Waals surface area contributed by atoms with Crippen molar-refractivity contribution in [1.29, 1.82) is 0 Å². The van der Waals surface area contributed by atoms with Crippen molar-refractivity contribution in [2.75, 3.05) is 18.0 Å². The second-order valence-corrected chi connectivity index (χ2v) is 10.6. The van der Waals surface area contributed by atoms with Crippen molar-refractivity contribution in [1.82, 2.24) is 10.6 Å². The Bertz CT molecular complexity index is 1480. The number of nitrogens with one attached hydrogen (secondary N) is 2. The Labute approximate surface area is 210 Å². The molecule has 1 saturated heterocycles. The van der Waals surface area contributed by atoms with Gasteiger partial charge in [-0.3, -0.25) is 4.79 Å². The number of ether oxygens (including phenoxy) is 1. The fourth-order valence-electron chi connectivity index (χ4n) is 4.56. The first-order valence-electron chi connectivity index (χ1n) is 11.2. The van der Waals surface area contributed by atoms with Crippen molar-refractivity contribution in [3.05, 3.63) is 77.9 Å². The van der Waals surface area contributed by atoms with E-state index in [0.29, 0.717) is 28.8 Å². The zero-order valence-corrected chi connectivity index (χ0v) is 19.9. The average Bonchev–Trinajstić information content (AvgIpc) is 3.50. The third kappa shape index (κ3) is 4.71. The number of amides is 3. The fraction of sp³-hybridized carbons (Fsp3) is 0.200. The summed E-state index contributed by atoms with van der Waals surface area (Å²) in [4.78, 5) is 26.4. The molecule has 2 N–H and O–H groups in total. The molecule has 2 aliphatic rings. The first-order chi connectivity index (χ1) is 17.5. The Kier molecular flexibility index (Phi) is 6.06. The SMILES string of the molecule is O=C1NCC(S(=O)(=O)c2ccc3c(c2-c2ccccc2)CCN3C(=O)c2ccc(OC(F)(F)F)cc2)N1. The Balaban J connectivity index is 1.54. The number of anilines is 1. The zero-order chi connectivity index (χ0) is 26.4. The number of fused-ring (bicyclic) bond motifs is 1. The molecule has 1 atom stereocenters. The summed E-state index contributed by atoms with van der Waals surface area (Å²) in [6, 6.07) is 15.9. The van der Waals surface area contributed by atoms with E-state index in [2.05, 4.69) is 15.4 Å². The van der Waals surface area contributed by atoms with Crippen LogP contribution in [0.5, 0.6) is 5.75 Å². The number of hydrogen-bond acceptors (Lipinski definition) is 5. The minimum Gasteiger partial charge on any atom is -0.406 e. The molecule has 0 spiro atoms. The lowest BCUT2D eigenvalue weighted by Gasteiger charge is -2.21. The van der Waals surface area contributed by atoms with Crippen LogP contribution in [0.1, 0.15) is 15.9 Å².